The summed E-state index contributed by atoms with van der Waals surface area (Å²) in [6.07, 6.45) is 0.662. The second kappa shape index (κ2) is 11.0. The third-order valence-corrected chi connectivity index (χ3v) is 6.43. The van der Waals surface area contributed by atoms with Crippen LogP contribution in [0.1, 0.15) is 41.5 Å². The molecule has 0 N–H and O–H groups in total. The number of carbonyl (C=O) groups excluding carboxylic acids is 1. The van der Waals surface area contributed by atoms with Crippen LogP contribution in [0.5, 0.6) is 0 Å². The molecule has 168 valence electrons. The molecule has 1 atom stereocenters. The van der Waals surface area contributed by atoms with E-state index < -0.39 is 0 Å². The zero-order valence-electron chi connectivity index (χ0n) is 18.8. The number of thioether (sulfide) groups is 1. The predicted octanol–water partition coefficient (Wildman–Crippen LogP) is 5.76. The molecule has 0 fully saturated rings. The van der Waals surface area contributed by atoms with Crippen molar-refractivity contribution in [2.45, 2.75) is 30.5 Å². The molecule has 1 unspecified atom stereocenters. The van der Waals surface area contributed by atoms with Gasteiger partial charge in [-0.3, -0.25) is 4.79 Å². The van der Waals surface area contributed by atoms with Gasteiger partial charge in [-0.05, 0) is 22.6 Å². The Labute approximate surface area is 198 Å². The molecule has 0 saturated carbocycles. The van der Waals surface area contributed by atoms with E-state index in [0.717, 1.165) is 11.1 Å². The maximum Gasteiger partial charge on any atom is 0.277 e. The summed E-state index contributed by atoms with van der Waals surface area (Å²) in [6, 6.07) is 30.2. The minimum atomic E-state index is -0.162. The first-order valence-corrected chi connectivity index (χ1v) is 12.0. The van der Waals surface area contributed by atoms with Crippen LogP contribution in [0, 0.1) is 0 Å². The fourth-order valence-corrected chi connectivity index (χ4v) is 4.52. The second-order valence-corrected chi connectivity index (χ2v) is 8.92. The lowest BCUT2D eigenvalue weighted by molar-refractivity contribution is -0.128. The van der Waals surface area contributed by atoms with Crippen LogP contribution >= 0.6 is 11.8 Å². The molecule has 0 aliphatic carbocycles. The highest BCUT2D eigenvalue weighted by atomic mass is 32.2. The molecule has 0 radical (unpaired) electrons. The molecule has 1 heterocycles. The summed E-state index contributed by atoms with van der Waals surface area (Å²) in [7, 11) is 1.84. The normalized spacial score (nSPS) is 12.0. The van der Waals surface area contributed by atoms with Crippen LogP contribution in [0.4, 0.5) is 0 Å². The smallest absolute Gasteiger partial charge is 0.277 e. The Bertz CT molecular complexity index is 1110. The highest BCUT2D eigenvalue weighted by Crippen LogP contribution is 2.29. The molecule has 4 aromatic rings. The number of aromatic nitrogens is 2. The van der Waals surface area contributed by atoms with E-state index in [1.165, 1.54) is 17.3 Å². The number of nitrogens with zero attached hydrogens (tertiary/aromatic N) is 3. The third kappa shape index (κ3) is 5.90. The molecule has 6 heteroatoms. The van der Waals surface area contributed by atoms with E-state index in [1.807, 2.05) is 85.9 Å². The number of rotatable bonds is 9. The quantitative estimate of drug-likeness (QED) is 0.299. The first kappa shape index (κ1) is 22.8. The largest absolute Gasteiger partial charge is 0.416 e. The highest BCUT2D eigenvalue weighted by Gasteiger charge is 2.24. The second-order valence-electron chi connectivity index (χ2n) is 7.99. The van der Waals surface area contributed by atoms with Crippen LogP contribution in [-0.2, 0) is 11.2 Å². The van der Waals surface area contributed by atoms with Crippen molar-refractivity contribution in [1.29, 1.82) is 0 Å². The van der Waals surface area contributed by atoms with Crippen molar-refractivity contribution in [2.75, 3.05) is 12.8 Å². The third-order valence-electron chi connectivity index (χ3n) is 5.63. The lowest BCUT2D eigenvalue weighted by atomic mass is 9.97. The SMILES string of the molecule is CC(Cc1nnc(SCC(=O)N(C)C(c2ccccc2)c2ccccc2)o1)c1ccccc1. The fraction of sp³-hybridized carbons (Fsp3) is 0.222. The van der Waals surface area contributed by atoms with Gasteiger partial charge in [-0.1, -0.05) is 110 Å². The molecule has 0 spiro atoms. The maximum atomic E-state index is 13.1. The Morgan fingerprint density at radius 1 is 0.848 bits per heavy atom. The standard InChI is InChI=1S/C27H27N3O2S/c1-20(21-12-6-3-7-13-21)18-24-28-29-27(32-24)33-19-25(31)30(2)26(22-14-8-4-9-15-22)23-16-10-5-11-17-23/h3-17,20,26H,18-19H2,1-2H3. The van der Waals surface area contributed by atoms with Gasteiger partial charge in [0.1, 0.15) is 0 Å². The van der Waals surface area contributed by atoms with Crippen molar-refractivity contribution in [3.05, 3.63) is 114 Å². The van der Waals surface area contributed by atoms with Crippen LogP contribution in [-0.4, -0.2) is 33.8 Å². The van der Waals surface area contributed by atoms with E-state index in [-0.39, 0.29) is 23.6 Å². The maximum absolute atomic E-state index is 13.1. The molecular formula is C27H27N3O2S. The monoisotopic (exact) mass is 457 g/mol. The van der Waals surface area contributed by atoms with Gasteiger partial charge in [0.05, 0.1) is 11.8 Å². The van der Waals surface area contributed by atoms with Gasteiger partial charge in [-0.2, -0.15) is 0 Å². The van der Waals surface area contributed by atoms with Gasteiger partial charge in [-0.25, -0.2) is 0 Å². The number of amides is 1. The molecule has 33 heavy (non-hydrogen) atoms. The van der Waals surface area contributed by atoms with Crippen molar-refractivity contribution in [1.82, 2.24) is 15.1 Å². The Balaban J connectivity index is 1.39. The van der Waals surface area contributed by atoms with Gasteiger partial charge >= 0.3 is 0 Å². The molecule has 0 saturated heterocycles. The average Bonchev–Trinajstić information content (AvgIpc) is 3.31. The molecule has 5 nitrogen and oxygen atoms in total. The summed E-state index contributed by atoms with van der Waals surface area (Å²) in [5.41, 5.74) is 3.37. The summed E-state index contributed by atoms with van der Waals surface area (Å²) in [6.45, 7) is 2.14. The number of hydrogen-bond acceptors (Lipinski definition) is 5. The number of hydrogen-bond donors (Lipinski definition) is 0. The van der Waals surface area contributed by atoms with Crippen molar-refractivity contribution in [2.24, 2.45) is 0 Å². The minimum absolute atomic E-state index is 0.00453. The van der Waals surface area contributed by atoms with Gasteiger partial charge in [0, 0.05) is 13.5 Å². The van der Waals surface area contributed by atoms with Crippen molar-refractivity contribution >= 4 is 17.7 Å². The van der Waals surface area contributed by atoms with E-state index in [9.17, 15) is 4.79 Å². The van der Waals surface area contributed by atoms with Gasteiger partial charge in [0.15, 0.2) is 0 Å². The first-order chi connectivity index (χ1) is 16.1. The Morgan fingerprint density at radius 2 is 1.36 bits per heavy atom. The predicted molar refractivity (Wildman–Crippen MR) is 131 cm³/mol. The van der Waals surface area contributed by atoms with E-state index in [0.29, 0.717) is 17.5 Å². The molecule has 3 aromatic carbocycles. The van der Waals surface area contributed by atoms with Crippen molar-refractivity contribution < 1.29 is 9.21 Å². The molecule has 0 aliphatic heterocycles. The Morgan fingerprint density at radius 3 is 1.91 bits per heavy atom. The average molecular weight is 458 g/mol. The fourth-order valence-electron chi connectivity index (χ4n) is 3.82. The van der Waals surface area contributed by atoms with E-state index in [4.69, 9.17) is 4.42 Å². The number of carbonyl (C=O) groups is 1. The topological polar surface area (TPSA) is 59.2 Å². The van der Waals surface area contributed by atoms with Crippen molar-refractivity contribution in [3.63, 3.8) is 0 Å². The number of benzene rings is 3. The molecule has 0 aliphatic rings. The molecule has 1 aromatic heterocycles. The van der Waals surface area contributed by atoms with Crippen LogP contribution in [0.3, 0.4) is 0 Å². The lowest BCUT2D eigenvalue weighted by Crippen LogP contribution is -2.33. The summed E-state index contributed by atoms with van der Waals surface area (Å²) in [5.74, 6) is 1.08. The molecule has 1 amide bonds. The molecular weight excluding hydrogens is 430 g/mol. The van der Waals surface area contributed by atoms with Crippen molar-refractivity contribution in [3.8, 4) is 0 Å². The zero-order valence-corrected chi connectivity index (χ0v) is 19.6. The van der Waals surface area contributed by atoms with Crippen LogP contribution < -0.4 is 0 Å². The lowest BCUT2D eigenvalue weighted by Gasteiger charge is -2.29. The van der Waals surface area contributed by atoms with Crippen LogP contribution in [0.2, 0.25) is 0 Å². The summed E-state index contributed by atoms with van der Waals surface area (Å²) < 4.78 is 5.81. The van der Waals surface area contributed by atoms with Crippen LogP contribution in [0.15, 0.2) is 101 Å². The first-order valence-electron chi connectivity index (χ1n) is 11.0. The Kier molecular flexibility index (Phi) is 7.58. The Hall–Kier alpha value is -3.38. The summed E-state index contributed by atoms with van der Waals surface area (Å²) in [4.78, 5) is 14.9. The highest BCUT2D eigenvalue weighted by molar-refractivity contribution is 7.99. The summed E-state index contributed by atoms with van der Waals surface area (Å²) in [5, 5.41) is 8.72. The zero-order chi connectivity index (χ0) is 23.0. The minimum Gasteiger partial charge on any atom is -0.416 e. The van der Waals surface area contributed by atoms with Gasteiger partial charge in [-0.15, -0.1) is 10.2 Å². The van der Waals surface area contributed by atoms with Gasteiger partial charge in [0.2, 0.25) is 11.8 Å². The van der Waals surface area contributed by atoms with E-state index in [2.05, 4.69) is 29.3 Å². The molecule has 0 bridgehead atoms. The van der Waals surface area contributed by atoms with Gasteiger partial charge < -0.3 is 9.32 Å². The molecule has 4 rings (SSSR count). The van der Waals surface area contributed by atoms with Gasteiger partial charge in [0.25, 0.3) is 5.22 Å². The van der Waals surface area contributed by atoms with E-state index >= 15 is 0 Å². The van der Waals surface area contributed by atoms with E-state index in [1.54, 1.807) is 4.90 Å². The van der Waals surface area contributed by atoms with Crippen LogP contribution in [0.25, 0.3) is 0 Å². The summed E-state index contributed by atoms with van der Waals surface area (Å²) >= 11 is 1.28.